The van der Waals surface area contributed by atoms with Crippen LogP contribution in [0.15, 0.2) is 87.2 Å². The molecule has 6 nitrogen and oxygen atoms in total. The molecule has 2 aromatic carbocycles. The summed E-state index contributed by atoms with van der Waals surface area (Å²) in [5.74, 6) is -0.285. The molecule has 0 saturated heterocycles. The molecular weight excluding hydrogens is 404 g/mol. The number of aromatic hydroxyl groups is 1. The van der Waals surface area contributed by atoms with Crippen LogP contribution >= 0.6 is 11.6 Å². The molecule has 1 N–H and O–H groups in total. The van der Waals surface area contributed by atoms with Gasteiger partial charge in [-0.25, -0.2) is 0 Å². The zero-order valence-electron chi connectivity index (χ0n) is 15.6. The Kier molecular flexibility index (Phi) is 4.22. The molecule has 0 spiro atoms. The maximum atomic E-state index is 13.0. The minimum absolute atomic E-state index is 0.0932. The zero-order chi connectivity index (χ0) is 20.8. The summed E-state index contributed by atoms with van der Waals surface area (Å²) in [4.78, 5) is 25.8. The van der Waals surface area contributed by atoms with Gasteiger partial charge in [-0.15, -0.1) is 0 Å². The molecule has 3 aromatic heterocycles. The van der Waals surface area contributed by atoms with Gasteiger partial charge in [-0.3, -0.25) is 9.59 Å². The van der Waals surface area contributed by atoms with E-state index in [1.54, 1.807) is 42.7 Å². The fourth-order valence-electron chi connectivity index (χ4n) is 3.55. The lowest BCUT2D eigenvalue weighted by molar-refractivity contribution is 0.472. The lowest BCUT2D eigenvalue weighted by Crippen LogP contribution is -2.24. The molecule has 0 amide bonds. The van der Waals surface area contributed by atoms with E-state index in [0.29, 0.717) is 16.4 Å². The van der Waals surface area contributed by atoms with E-state index < -0.39 is 16.7 Å². The molecule has 0 aliphatic carbocycles. The number of nitrogens with zero attached hydrogens (tertiary/aromatic N) is 2. The molecule has 0 aliphatic heterocycles. The van der Waals surface area contributed by atoms with Crippen molar-refractivity contribution in [2.24, 2.45) is 0 Å². The van der Waals surface area contributed by atoms with Crippen molar-refractivity contribution in [2.75, 3.05) is 0 Å². The molecule has 0 radical (unpaired) electrons. The Balaban J connectivity index is 1.66. The van der Waals surface area contributed by atoms with E-state index in [1.807, 2.05) is 24.3 Å². The maximum Gasteiger partial charge on any atom is 0.279 e. The molecule has 0 fully saturated rings. The fraction of sp³-hybridized carbons (Fsp3) is 0.0435. The molecule has 0 unspecified atom stereocenters. The lowest BCUT2D eigenvalue weighted by atomic mass is 10.1. The Hall–Kier alpha value is -3.77. The molecule has 5 rings (SSSR count). The number of rotatable bonds is 3. The molecule has 3 heterocycles. The van der Waals surface area contributed by atoms with Crippen molar-refractivity contribution >= 4 is 28.1 Å². The summed E-state index contributed by atoms with van der Waals surface area (Å²) in [5, 5.41) is 12.0. The molecule has 30 heavy (non-hydrogen) atoms. The van der Waals surface area contributed by atoms with Gasteiger partial charge in [0, 0.05) is 29.0 Å². The van der Waals surface area contributed by atoms with Gasteiger partial charge in [0.1, 0.15) is 11.3 Å². The first-order valence-corrected chi connectivity index (χ1v) is 9.60. The van der Waals surface area contributed by atoms with E-state index in [2.05, 4.69) is 0 Å². The minimum atomic E-state index is -0.660. The van der Waals surface area contributed by atoms with Gasteiger partial charge >= 0.3 is 0 Å². The van der Waals surface area contributed by atoms with Crippen molar-refractivity contribution in [3.8, 4) is 17.1 Å². The molecule has 0 aliphatic rings. The number of furan rings is 1. The van der Waals surface area contributed by atoms with Crippen molar-refractivity contribution in [1.82, 2.24) is 8.97 Å². The van der Waals surface area contributed by atoms with Crippen LogP contribution in [0.25, 0.3) is 27.8 Å². The third-order valence-corrected chi connectivity index (χ3v) is 5.25. The Labute approximate surface area is 174 Å². The number of hydrogen-bond donors (Lipinski definition) is 1. The molecule has 7 heteroatoms. The number of benzene rings is 2. The Morgan fingerprint density at radius 1 is 1.00 bits per heavy atom. The number of para-hydroxylation sites is 1. The van der Waals surface area contributed by atoms with Crippen LogP contribution in [-0.4, -0.2) is 14.1 Å². The standard InChI is InChI=1S/C23H15ClN2O4/c24-16-6-3-4-14(10-16)12-26-9-8-25-13-17(21(27)22(28)20(25)23(26)29)19-11-15-5-1-2-7-18(15)30-19/h1-11,13,28H,12H2. The number of fused-ring (bicyclic) bond motifs is 2. The van der Waals surface area contributed by atoms with Crippen molar-refractivity contribution in [3.05, 3.63) is 104 Å². The topological polar surface area (TPSA) is 76.9 Å². The summed E-state index contributed by atoms with van der Waals surface area (Å²) >= 11 is 6.02. The highest BCUT2D eigenvalue weighted by Gasteiger charge is 2.18. The van der Waals surface area contributed by atoms with Gasteiger partial charge in [-0.2, -0.15) is 0 Å². The monoisotopic (exact) mass is 418 g/mol. The first-order valence-electron chi connectivity index (χ1n) is 9.22. The van der Waals surface area contributed by atoms with Crippen molar-refractivity contribution in [3.63, 3.8) is 0 Å². The summed E-state index contributed by atoms with van der Waals surface area (Å²) in [6.07, 6.45) is 4.72. The Morgan fingerprint density at radius 3 is 2.63 bits per heavy atom. The van der Waals surface area contributed by atoms with Crippen LogP contribution in [0.1, 0.15) is 5.56 Å². The van der Waals surface area contributed by atoms with Crippen molar-refractivity contribution in [1.29, 1.82) is 0 Å². The van der Waals surface area contributed by atoms with E-state index in [0.717, 1.165) is 10.9 Å². The number of pyridine rings is 1. The van der Waals surface area contributed by atoms with Gasteiger partial charge < -0.3 is 18.5 Å². The number of halogens is 1. The van der Waals surface area contributed by atoms with Crippen molar-refractivity contribution < 1.29 is 9.52 Å². The average molecular weight is 419 g/mol. The van der Waals surface area contributed by atoms with Crippen LogP contribution in [0, 0.1) is 0 Å². The molecule has 0 atom stereocenters. The lowest BCUT2D eigenvalue weighted by Gasteiger charge is -2.10. The molecule has 148 valence electrons. The normalized spacial score (nSPS) is 11.4. The number of aromatic nitrogens is 2. The molecule has 0 bridgehead atoms. The zero-order valence-corrected chi connectivity index (χ0v) is 16.3. The quantitative estimate of drug-likeness (QED) is 0.474. The van der Waals surface area contributed by atoms with Crippen LogP contribution in [-0.2, 0) is 6.54 Å². The van der Waals surface area contributed by atoms with Gasteiger partial charge in [0.15, 0.2) is 11.3 Å². The second kappa shape index (κ2) is 6.93. The highest BCUT2D eigenvalue weighted by atomic mass is 35.5. The Bertz CT molecular complexity index is 1510. The van der Waals surface area contributed by atoms with Crippen LogP contribution in [0.2, 0.25) is 5.02 Å². The van der Waals surface area contributed by atoms with Gasteiger partial charge in [-0.1, -0.05) is 41.9 Å². The van der Waals surface area contributed by atoms with Crippen LogP contribution < -0.4 is 11.0 Å². The van der Waals surface area contributed by atoms with E-state index in [4.69, 9.17) is 16.0 Å². The van der Waals surface area contributed by atoms with E-state index in [9.17, 15) is 14.7 Å². The van der Waals surface area contributed by atoms with E-state index in [-0.39, 0.29) is 17.6 Å². The van der Waals surface area contributed by atoms with Crippen LogP contribution in [0.3, 0.4) is 0 Å². The highest BCUT2D eigenvalue weighted by Crippen LogP contribution is 2.27. The third kappa shape index (κ3) is 2.98. The van der Waals surface area contributed by atoms with E-state index >= 15 is 0 Å². The van der Waals surface area contributed by atoms with Gasteiger partial charge in [0.05, 0.1) is 12.1 Å². The molecule has 0 saturated carbocycles. The second-order valence-electron chi connectivity index (χ2n) is 6.99. The first-order chi connectivity index (χ1) is 14.5. The van der Waals surface area contributed by atoms with Crippen molar-refractivity contribution in [2.45, 2.75) is 6.54 Å². The predicted molar refractivity (Wildman–Crippen MR) is 115 cm³/mol. The summed E-state index contributed by atoms with van der Waals surface area (Å²) in [6, 6.07) is 16.3. The molecule has 5 aromatic rings. The maximum absolute atomic E-state index is 13.0. The predicted octanol–water partition coefficient (Wildman–Crippen LogP) is 4.28. The largest absolute Gasteiger partial charge is 0.503 e. The van der Waals surface area contributed by atoms with Crippen LogP contribution in [0.5, 0.6) is 5.75 Å². The summed E-state index contributed by atoms with van der Waals surface area (Å²) < 4.78 is 8.62. The molecular formula is C23H15ClN2O4. The number of hydrogen-bond acceptors (Lipinski definition) is 4. The van der Waals surface area contributed by atoms with E-state index in [1.165, 1.54) is 15.2 Å². The SMILES string of the molecule is O=c1c(-c2cc3ccccc3o2)cn2ccn(Cc3cccc(Cl)c3)c(=O)c2c1O. The summed E-state index contributed by atoms with van der Waals surface area (Å²) in [6.45, 7) is 0.259. The highest BCUT2D eigenvalue weighted by molar-refractivity contribution is 6.30. The smallest absolute Gasteiger partial charge is 0.279 e. The van der Waals surface area contributed by atoms with Gasteiger partial charge in [0.2, 0.25) is 5.43 Å². The summed E-state index contributed by atoms with van der Waals surface area (Å²) in [7, 11) is 0. The first kappa shape index (κ1) is 18.3. The van der Waals surface area contributed by atoms with Gasteiger partial charge in [0.25, 0.3) is 5.56 Å². The third-order valence-electron chi connectivity index (χ3n) is 5.01. The summed E-state index contributed by atoms with van der Waals surface area (Å²) in [5.41, 5.74) is 0.399. The minimum Gasteiger partial charge on any atom is -0.503 e. The fourth-order valence-corrected chi connectivity index (χ4v) is 3.76. The van der Waals surface area contributed by atoms with Crippen LogP contribution in [0.4, 0.5) is 0 Å². The average Bonchev–Trinajstić information content (AvgIpc) is 3.16. The second-order valence-corrected chi connectivity index (χ2v) is 7.42. The van der Waals surface area contributed by atoms with Gasteiger partial charge in [-0.05, 0) is 29.8 Å². The Morgan fingerprint density at radius 2 is 1.83 bits per heavy atom.